The van der Waals surface area contributed by atoms with E-state index in [0.717, 1.165) is 17.7 Å². The highest BCUT2D eigenvalue weighted by molar-refractivity contribution is 7.15. The summed E-state index contributed by atoms with van der Waals surface area (Å²) < 4.78 is 0. The van der Waals surface area contributed by atoms with Crippen LogP contribution < -0.4 is 10.6 Å². The largest absolute Gasteiger partial charge is 0.326 e. The van der Waals surface area contributed by atoms with Crippen LogP contribution in [-0.2, 0) is 4.79 Å². The van der Waals surface area contributed by atoms with E-state index >= 15 is 0 Å². The second kappa shape index (κ2) is 5.65. The van der Waals surface area contributed by atoms with Gasteiger partial charge in [0, 0.05) is 28.2 Å². The molecule has 2 amide bonds. The van der Waals surface area contributed by atoms with Crippen molar-refractivity contribution in [2.75, 3.05) is 10.6 Å². The molecule has 1 heterocycles. The molecule has 3 rings (SSSR count). The quantitative estimate of drug-likeness (QED) is 0.911. The monoisotopic (exact) mass is 301 g/mol. The van der Waals surface area contributed by atoms with Gasteiger partial charge in [0.15, 0.2) is 5.13 Å². The van der Waals surface area contributed by atoms with Gasteiger partial charge in [0.2, 0.25) is 5.91 Å². The van der Waals surface area contributed by atoms with Gasteiger partial charge in [-0.1, -0.05) is 0 Å². The van der Waals surface area contributed by atoms with Crippen molar-refractivity contribution in [3.8, 4) is 0 Å². The molecule has 108 valence electrons. The molecule has 1 aromatic heterocycles. The smallest absolute Gasteiger partial charge is 0.257 e. The molecular weight excluding hydrogens is 286 g/mol. The number of hydrogen-bond donors (Lipinski definition) is 2. The van der Waals surface area contributed by atoms with Crippen LogP contribution in [0.25, 0.3) is 0 Å². The number of rotatable bonds is 4. The number of nitrogens with one attached hydrogen (secondary N) is 2. The topological polar surface area (TPSA) is 71.1 Å². The fourth-order valence-electron chi connectivity index (χ4n) is 1.88. The summed E-state index contributed by atoms with van der Waals surface area (Å²) >= 11 is 1.43. The van der Waals surface area contributed by atoms with Crippen LogP contribution in [0.4, 0.5) is 10.8 Å². The zero-order valence-corrected chi connectivity index (χ0v) is 12.4. The normalized spacial score (nSPS) is 13.8. The number of aryl methyl sites for hydroxylation is 1. The number of carbonyl (C=O) groups is 2. The predicted octanol–water partition coefficient (Wildman–Crippen LogP) is 3.05. The van der Waals surface area contributed by atoms with Gasteiger partial charge in [-0.3, -0.25) is 14.9 Å². The van der Waals surface area contributed by atoms with E-state index in [1.54, 1.807) is 30.5 Å². The van der Waals surface area contributed by atoms with Crippen molar-refractivity contribution >= 4 is 34.0 Å². The van der Waals surface area contributed by atoms with Crippen molar-refractivity contribution in [3.63, 3.8) is 0 Å². The number of anilines is 2. The summed E-state index contributed by atoms with van der Waals surface area (Å²) in [5.41, 5.74) is 1.25. The summed E-state index contributed by atoms with van der Waals surface area (Å²) in [6, 6.07) is 6.86. The highest BCUT2D eigenvalue weighted by atomic mass is 32.1. The molecular formula is C15H15N3O2S. The maximum Gasteiger partial charge on any atom is 0.257 e. The molecule has 0 radical (unpaired) electrons. The summed E-state index contributed by atoms with van der Waals surface area (Å²) in [4.78, 5) is 28.8. The van der Waals surface area contributed by atoms with E-state index in [1.165, 1.54) is 11.3 Å². The van der Waals surface area contributed by atoms with Crippen LogP contribution in [0.15, 0.2) is 30.5 Å². The van der Waals surface area contributed by atoms with Crippen LogP contribution in [0.2, 0.25) is 0 Å². The van der Waals surface area contributed by atoms with Gasteiger partial charge < -0.3 is 5.32 Å². The minimum atomic E-state index is -0.204. The van der Waals surface area contributed by atoms with E-state index in [0.29, 0.717) is 16.4 Å². The standard InChI is InChI=1S/C15H15N3O2S/c1-9-8-16-15(21-9)18-14(20)11-4-6-12(7-5-11)17-13(19)10-2-3-10/h4-8,10H,2-3H2,1H3,(H,17,19)(H,16,18,20). The van der Waals surface area contributed by atoms with Crippen molar-refractivity contribution in [2.45, 2.75) is 19.8 Å². The SMILES string of the molecule is Cc1cnc(NC(=O)c2ccc(NC(=O)C3CC3)cc2)s1. The van der Waals surface area contributed by atoms with Gasteiger partial charge in [-0.05, 0) is 44.0 Å². The number of nitrogens with zero attached hydrogens (tertiary/aromatic N) is 1. The fraction of sp³-hybridized carbons (Fsp3) is 0.267. The number of carbonyl (C=O) groups excluding carboxylic acids is 2. The molecule has 0 atom stereocenters. The van der Waals surface area contributed by atoms with Gasteiger partial charge in [0.05, 0.1) is 0 Å². The van der Waals surface area contributed by atoms with Gasteiger partial charge in [0.1, 0.15) is 0 Å². The molecule has 0 bridgehead atoms. The fourth-order valence-corrected chi connectivity index (χ4v) is 2.54. The average molecular weight is 301 g/mol. The predicted molar refractivity (Wildman–Crippen MR) is 82.6 cm³/mol. The summed E-state index contributed by atoms with van der Waals surface area (Å²) in [6.07, 6.45) is 3.66. The summed E-state index contributed by atoms with van der Waals surface area (Å²) in [5, 5.41) is 6.18. The molecule has 1 aromatic carbocycles. The maximum atomic E-state index is 12.0. The first-order chi connectivity index (χ1) is 10.1. The van der Waals surface area contributed by atoms with E-state index in [2.05, 4.69) is 15.6 Å². The van der Waals surface area contributed by atoms with Crippen molar-refractivity contribution in [1.82, 2.24) is 4.98 Å². The average Bonchev–Trinajstić information content (AvgIpc) is 3.24. The molecule has 0 aliphatic heterocycles. The summed E-state index contributed by atoms with van der Waals surface area (Å²) in [7, 11) is 0. The molecule has 2 N–H and O–H groups in total. The first kappa shape index (κ1) is 13.8. The Bertz CT molecular complexity index is 674. The molecule has 1 fully saturated rings. The number of thiazole rings is 1. The molecule has 0 spiro atoms. The number of aromatic nitrogens is 1. The van der Waals surface area contributed by atoms with E-state index in [9.17, 15) is 9.59 Å². The van der Waals surface area contributed by atoms with Crippen molar-refractivity contribution in [3.05, 3.63) is 40.9 Å². The number of hydrogen-bond acceptors (Lipinski definition) is 4. The molecule has 1 saturated carbocycles. The lowest BCUT2D eigenvalue weighted by Gasteiger charge is -2.05. The van der Waals surface area contributed by atoms with Crippen LogP contribution in [0.5, 0.6) is 0 Å². The van der Waals surface area contributed by atoms with Gasteiger partial charge in [0.25, 0.3) is 5.91 Å². The van der Waals surface area contributed by atoms with Gasteiger partial charge in [-0.25, -0.2) is 4.98 Å². The number of benzene rings is 1. The highest BCUT2D eigenvalue weighted by Gasteiger charge is 2.29. The Morgan fingerprint density at radius 1 is 1.19 bits per heavy atom. The lowest BCUT2D eigenvalue weighted by atomic mass is 10.2. The Balaban J connectivity index is 1.62. The molecule has 5 nitrogen and oxygen atoms in total. The van der Waals surface area contributed by atoms with Crippen LogP contribution in [-0.4, -0.2) is 16.8 Å². The maximum absolute atomic E-state index is 12.0. The molecule has 21 heavy (non-hydrogen) atoms. The van der Waals surface area contributed by atoms with Gasteiger partial charge in [-0.15, -0.1) is 11.3 Å². The first-order valence-corrected chi connectivity index (χ1v) is 7.58. The first-order valence-electron chi connectivity index (χ1n) is 6.76. The van der Waals surface area contributed by atoms with Crippen molar-refractivity contribution < 1.29 is 9.59 Å². The van der Waals surface area contributed by atoms with Crippen LogP contribution >= 0.6 is 11.3 Å². The summed E-state index contributed by atoms with van der Waals surface area (Å²) in [5.74, 6) is 0.0241. The zero-order valence-electron chi connectivity index (χ0n) is 11.6. The Morgan fingerprint density at radius 3 is 2.48 bits per heavy atom. The van der Waals surface area contributed by atoms with Crippen molar-refractivity contribution in [1.29, 1.82) is 0 Å². The Kier molecular flexibility index (Phi) is 3.70. The van der Waals surface area contributed by atoms with E-state index in [-0.39, 0.29) is 17.7 Å². The Labute approximate surface area is 126 Å². The van der Waals surface area contributed by atoms with Crippen LogP contribution in [0, 0.1) is 12.8 Å². The Morgan fingerprint density at radius 2 is 1.90 bits per heavy atom. The van der Waals surface area contributed by atoms with E-state index in [4.69, 9.17) is 0 Å². The third kappa shape index (κ3) is 3.46. The molecule has 6 heteroatoms. The van der Waals surface area contributed by atoms with Gasteiger partial charge >= 0.3 is 0 Å². The second-order valence-electron chi connectivity index (χ2n) is 5.07. The third-order valence-corrected chi connectivity index (χ3v) is 4.03. The lowest BCUT2D eigenvalue weighted by Crippen LogP contribution is -2.14. The minimum absolute atomic E-state index is 0.0606. The third-order valence-electron chi connectivity index (χ3n) is 3.20. The lowest BCUT2D eigenvalue weighted by molar-refractivity contribution is -0.117. The van der Waals surface area contributed by atoms with Crippen molar-refractivity contribution in [2.24, 2.45) is 5.92 Å². The van der Waals surface area contributed by atoms with Crippen LogP contribution in [0.1, 0.15) is 28.1 Å². The van der Waals surface area contributed by atoms with E-state index in [1.807, 2.05) is 6.92 Å². The molecule has 0 unspecified atom stereocenters. The molecule has 1 aliphatic carbocycles. The molecule has 2 aromatic rings. The highest BCUT2D eigenvalue weighted by Crippen LogP contribution is 2.30. The number of amides is 2. The van der Waals surface area contributed by atoms with Crippen LogP contribution in [0.3, 0.4) is 0 Å². The molecule has 0 saturated heterocycles. The second-order valence-corrected chi connectivity index (χ2v) is 6.31. The summed E-state index contributed by atoms with van der Waals surface area (Å²) in [6.45, 7) is 1.94. The Hall–Kier alpha value is -2.21. The minimum Gasteiger partial charge on any atom is -0.326 e. The zero-order chi connectivity index (χ0) is 14.8. The van der Waals surface area contributed by atoms with E-state index < -0.39 is 0 Å². The molecule has 1 aliphatic rings. The van der Waals surface area contributed by atoms with Gasteiger partial charge in [-0.2, -0.15) is 0 Å².